The Hall–Kier alpha value is -2.79. The fourth-order valence-corrected chi connectivity index (χ4v) is 2.08. The molecule has 2 amide bonds. The van der Waals surface area contributed by atoms with Gasteiger partial charge in [-0.25, -0.2) is 4.79 Å². The Morgan fingerprint density at radius 1 is 1.00 bits per heavy atom. The van der Waals surface area contributed by atoms with Crippen molar-refractivity contribution in [2.45, 2.75) is 0 Å². The summed E-state index contributed by atoms with van der Waals surface area (Å²) in [4.78, 5) is 12.0. The number of amides is 2. The number of hydrogen-bond donors (Lipinski definition) is 2. The molecule has 3 aromatic rings. The van der Waals surface area contributed by atoms with Gasteiger partial charge in [0.05, 0.1) is 11.8 Å². The second kappa shape index (κ2) is 6.32. The lowest BCUT2D eigenvalue weighted by atomic mass is 10.1. The Kier molecular flexibility index (Phi) is 4.07. The number of urea groups is 1. The summed E-state index contributed by atoms with van der Waals surface area (Å²) in [6.45, 7) is 0. The molecule has 0 aliphatic carbocycles. The van der Waals surface area contributed by atoms with Gasteiger partial charge in [-0.1, -0.05) is 47.1 Å². The molecule has 0 spiro atoms. The average molecular weight is 314 g/mol. The van der Waals surface area contributed by atoms with Crippen LogP contribution in [-0.4, -0.2) is 11.2 Å². The summed E-state index contributed by atoms with van der Waals surface area (Å²) in [5, 5.41) is 9.67. The highest BCUT2D eigenvalue weighted by Gasteiger charge is 2.13. The third-order valence-corrected chi connectivity index (χ3v) is 3.24. The molecule has 3 rings (SSSR count). The predicted molar refractivity (Wildman–Crippen MR) is 86.0 cm³/mol. The molecule has 0 fully saturated rings. The van der Waals surface area contributed by atoms with Gasteiger partial charge < -0.3 is 9.84 Å². The molecule has 0 saturated carbocycles. The van der Waals surface area contributed by atoms with Gasteiger partial charge in [0.1, 0.15) is 0 Å². The lowest BCUT2D eigenvalue weighted by molar-refractivity contribution is 0.261. The van der Waals surface area contributed by atoms with Gasteiger partial charge in [0.25, 0.3) is 0 Å². The monoisotopic (exact) mass is 313 g/mol. The van der Waals surface area contributed by atoms with Gasteiger partial charge in [-0.3, -0.25) is 5.32 Å². The first-order chi connectivity index (χ1) is 10.7. The summed E-state index contributed by atoms with van der Waals surface area (Å²) in [5.41, 5.74) is 2.25. The molecule has 0 atom stereocenters. The molecule has 0 radical (unpaired) electrons. The smallest absolute Gasteiger partial charge is 0.326 e. The molecule has 2 aromatic carbocycles. The molecule has 1 aromatic heterocycles. The molecule has 0 unspecified atom stereocenters. The average Bonchev–Trinajstić information content (AvgIpc) is 2.98. The lowest BCUT2D eigenvalue weighted by Gasteiger charge is -2.06. The van der Waals surface area contributed by atoms with E-state index in [0.717, 1.165) is 5.56 Å². The highest BCUT2D eigenvalue weighted by molar-refractivity contribution is 6.30. The Bertz CT molecular complexity index is 770. The fraction of sp³-hybridized carbons (Fsp3) is 0. The van der Waals surface area contributed by atoms with Crippen molar-refractivity contribution in [1.82, 2.24) is 5.16 Å². The van der Waals surface area contributed by atoms with Crippen molar-refractivity contribution in [3.05, 3.63) is 65.8 Å². The van der Waals surface area contributed by atoms with Crippen molar-refractivity contribution in [3.8, 4) is 11.1 Å². The summed E-state index contributed by atoms with van der Waals surface area (Å²) < 4.78 is 5.10. The van der Waals surface area contributed by atoms with Gasteiger partial charge in [0.2, 0.25) is 5.88 Å². The maximum atomic E-state index is 12.0. The molecular weight excluding hydrogens is 302 g/mol. The van der Waals surface area contributed by atoms with Crippen LogP contribution in [0.5, 0.6) is 0 Å². The van der Waals surface area contributed by atoms with Crippen LogP contribution < -0.4 is 10.6 Å². The molecule has 2 N–H and O–H groups in total. The molecule has 5 nitrogen and oxygen atoms in total. The van der Waals surface area contributed by atoms with Gasteiger partial charge in [0, 0.05) is 10.7 Å². The van der Waals surface area contributed by atoms with E-state index in [1.807, 2.05) is 30.3 Å². The molecule has 0 saturated heterocycles. The first kappa shape index (κ1) is 14.2. The molecule has 110 valence electrons. The molecule has 1 heterocycles. The van der Waals surface area contributed by atoms with Crippen molar-refractivity contribution in [2.75, 3.05) is 10.6 Å². The minimum absolute atomic E-state index is 0.290. The minimum atomic E-state index is -0.420. The predicted octanol–water partition coefficient (Wildman–Crippen LogP) is 4.64. The number of hydrogen-bond acceptors (Lipinski definition) is 3. The second-order valence-corrected chi connectivity index (χ2v) is 4.96. The van der Waals surface area contributed by atoms with E-state index in [9.17, 15) is 4.79 Å². The van der Waals surface area contributed by atoms with E-state index in [1.165, 1.54) is 0 Å². The first-order valence-corrected chi connectivity index (χ1v) is 6.94. The summed E-state index contributed by atoms with van der Waals surface area (Å²) in [6, 6.07) is 15.9. The number of rotatable bonds is 3. The molecule has 6 heteroatoms. The quantitative estimate of drug-likeness (QED) is 0.740. The third kappa shape index (κ3) is 3.27. The zero-order valence-electron chi connectivity index (χ0n) is 11.4. The molecular formula is C16H12ClN3O2. The van der Waals surface area contributed by atoms with Crippen LogP contribution in [0.25, 0.3) is 11.1 Å². The number of anilines is 2. The maximum Gasteiger partial charge on any atom is 0.326 e. The number of nitrogens with one attached hydrogen (secondary N) is 2. The normalized spacial score (nSPS) is 10.2. The van der Waals surface area contributed by atoms with Crippen molar-refractivity contribution < 1.29 is 9.32 Å². The van der Waals surface area contributed by atoms with Crippen LogP contribution in [0.2, 0.25) is 5.02 Å². The van der Waals surface area contributed by atoms with E-state index in [2.05, 4.69) is 15.8 Å². The van der Waals surface area contributed by atoms with Crippen LogP contribution in [-0.2, 0) is 0 Å². The van der Waals surface area contributed by atoms with Crippen LogP contribution in [0, 0.1) is 0 Å². The molecule has 0 bridgehead atoms. The van der Waals surface area contributed by atoms with Crippen molar-refractivity contribution in [3.63, 3.8) is 0 Å². The summed E-state index contributed by atoms with van der Waals surface area (Å²) >= 11 is 5.80. The van der Waals surface area contributed by atoms with Gasteiger partial charge in [-0.2, -0.15) is 0 Å². The second-order valence-electron chi connectivity index (χ2n) is 4.52. The van der Waals surface area contributed by atoms with Crippen LogP contribution in [0.4, 0.5) is 16.4 Å². The topological polar surface area (TPSA) is 67.2 Å². The zero-order valence-corrected chi connectivity index (χ0v) is 12.2. The van der Waals surface area contributed by atoms with Crippen molar-refractivity contribution in [2.24, 2.45) is 0 Å². The minimum Gasteiger partial charge on any atom is -0.338 e. The zero-order chi connectivity index (χ0) is 15.4. The maximum absolute atomic E-state index is 12.0. The highest BCUT2D eigenvalue weighted by Crippen LogP contribution is 2.27. The Morgan fingerprint density at radius 3 is 2.45 bits per heavy atom. The number of carbonyl (C=O) groups excluding carboxylic acids is 1. The summed E-state index contributed by atoms with van der Waals surface area (Å²) in [7, 11) is 0. The molecule has 22 heavy (non-hydrogen) atoms. The first-order valence-electron chi connectivity index (χ1n) is 6.56. The van der Waals surface area contributed by atoms with Crippen molar-refractivity contribution >= 4 is 29.2 Å². The van der Waals surface area contributed by atoms with Crippen LogP contribution in [0.15, 0.2) is 65.3 Å². The van der Waals surface area contributed by atoms with Crippen molar-refractivity contribution in [1.29, 1.82) is 0 Å². The van der Waals surface area contributed by atoms with E-state index in [4.69, 9.17) is 16.1 Å². The van der Waals surface area contributed by atoms with E-state index in [0.29, 0.717) is 16.3 Å². The number of carbonyl (C=O) groups is 1. The SMILES string of the molecule is O=C(Nc1ccc(Cl)cc1)Nc1oncc1-c1ccccc1. The van der Waals surface area contributed by atoms with Crippen LogP contribution in [0.1, 0.15) is 0 Å². The summed E-state index contributed by atoms with van der Waals surface area (Å²) in [5.74, 6) is 0.290. The fourth-order valence-electron chi connectivity index (χ4n) is 1.95. The van der Waals surface area contributed by atoms with E-state index >= 15 is 0 Å². The van der Waals surface area contributed by atoms with Gasteiger partial charge in [-0.15, -0.1) is 0 Å². The number of halogens is 1. The Balaban J connectivity index is 1.73. The standard InChI is InChI=1S/C16H12ClN3O2/c17-12-6-8-13(9-7-12)19-16(21)20-15-14(10-18-22-15)11-4-2-1-3-5-11/h1-10H,(H2,19,20,21). The van der Waals surface area contributed by atoms with E-state index in [1.54, 1.807) is 30.5 Å². The Morgan fingerprint density at radius 2 is 1.73 bits per heavy atom. The number of nitrogens with zero attached hydrogens (tertiary/aromatic N) is 1. The molecule has 0 aliphatic rings. The van der Waals surface area contributed by atoms with E-state index < -0.39 is 6.03 Å². The van der Waals surface area contributed by atoms with E-state index in [-0.39, 0.29) is 5.88 Å². The number of benzene rings is 2. The van der Waals surface area contributed by atoms with Gasteiger partial charge in [0.15, 0.2) is 0 Å². The van der Waals surface area contributed by atoms with Gasteiger partial charge in [-0.05, 0) is 29.8 Å². The highest BCUT2D eigenvalue weighted by atomic mass is 35.5. The van der Waals surface area contributed by atoms with Crippen LogP contribution in [0.3, 0.4) is 0 Å². The molecule has 0 aliphatic heterocycles. The van der Waals surface area contributed by atoms with Gasteiger partial charge >= 0.3 is 6.03 Å². The lowest BCUT2D eigenvalue weighted by Crippen LogP contribution is -2.19. The van der Waals surface area contributed by atoms with Crippen LogP contribution >= 0.6 is 11.6 Å². The number of aromatic nitrogens is 1. The largest absolute Gasteiger partial charge is 0.338 e. The Labute approximate surface area is 131 Å². The summed E-state index contributed by atoms with van der Waals surface area (Å²) in [6.07, 6.45) is 1.56. The third-order valence-electron chi connectivity index (χ3n) is 2.98.